The molecule has 0 spiro atoms. The first-order valence-electron chi connectivity index (χ1n) is 7.69. The maximum absolute atomic E-state index is 14.5. The van der Waals surface area contributed by atoms with Crippen molar-refractivity contribution < 1.29 is 13.7 Å². The summed E-state index contributed by atoms with van der Waals surface area (Å²) < 4.78 is 27.3. The Balaban J connectivity index is 1.84. The van der Waals surface area contributed by atoms with Crippen molar-refractivity contribution in [3.63, 3.8) is 0 Å². The molecule has 0 radical (unpaired) electrons. The molecule has 1 aliphatic heterocycles. The van der Waals surface area contributed by atoms with E-state index in [9.17, 15) is 4.39 Å². The van der Waals surface area contributed by atoms with E-state index >= 15 is 0 Å². The second-order valence-corrected chi connectivity index (χ2v) is 7.64. The van der Waals surface area contributed by atoms with Gasteiger partial charge in [0, 0.05) is 5.02 Å². The lowest BCUT2D eigenvalue weighted by molar-refractivity contribution is 0.00578. The first-order chi connectivity index (χ1) is 11.6. The lowest BCUT2D eigenvalue weighted by atomic mass is 9.87. The van der Waals surface area contributed by atoms with Crippen molar-refractivity contribution in [1.29, 1.82) is 0 Å². The van der Waals surface area contributed by atoms with Gasteiger partial charge in [-0.15, -0.1) is 5.10 Å². The van der Waals surface area contributed by atoms with Crippen LogP contribution in [0.1, 0.15) is 33.4 Å². The maximum Gasteiger partial charge on any atom is 0.525 e. The van der Waals surface area contributed by atoms with E-state index in [2.05, 4.69) is 10.3 Å². The molecule has 1 saturated heterocycles. The summed E-state index contributed by atoms with van der Waals surface area (Å²) in [7, 11) is -1.08. The van der Waals surface area contributed by atoms with Crippen molar-refractivity contribution in [3.8, 4) is 5.69 Å². The monoisotopic (exact) mass is 383 g/mol. The zero-order valence-corrected chi connectivity index (χ0v) is 15.8. The van der Waals surface area contributed by atoms with Crippen LogP contribution in [0, 0.1) is 0 Å². The van der Waals surface area contributed by atoms with E-state index in [0.29, 0.717) is 21.4 Å². The zero-order valence-electron chi connectivity index (χ0n) is 14.3. The molecule has 0 bridgehead atoms. The summed E-state index contributed by atoms with van der Waals surface area (Å²) in [6.07, 6.45) is 2.77. The van der Waals surface area contributed by atoms with Crippen LogP contribution in [0.25, 0.3) is 11.8 Å². The van der Waals surface area contributed by atoms with Gasteiger partial charge in [-0.3, -0.25) is 0 Å². The number of hydrogen-bond donors (Lipinski definition) is 0. The Morgan fingerprint density at radius 3 is 2.48 bits per heavy atom. The fraction of sp³-hybridized carbons (Fsp3) is 0.375. The highest BCUT2D eigenvalue weighted by Gasteiger charge is 2.53. The molecular weight excluding hydrogens is 367 g/mol. The molecule has 2 aromatic rings. The Morgan fingerprint density at radius 2 is 1.84 bits per heavy atom. The predicted molar refractivity (Wildman–Crippen MR) is 96.5 cm³/mol. The molecule has 0 unspecified atom stereocenters. The van der Waals surface area contributed by atoms with Crippen LogP contribution in [-0.4, -0.2) is 33.3 Å². The van der Waals surface area contributed by atoms with Crippen LogP contribution in [-0.2, 0) is 9.31 Å². The summed E-state index contributed by atoms with van der Waals surface area (Å²) in [4.78, 5) is 0. The SMILES string of the molecule is CC1(C)OB(C(F)=Cc2cn(-c3cc(Cl)ccc3Cl)nn2)OC1(C)C. The molecule has 0 atom stereocenters. The van der Waals surface area contributed by atoms with E-state index in [1.807, 2.05) is 27.7 Å². The minimum atomic E-state index is -1.08. The summed E-state index contributed by atoms with van der Waals surface area (Å²) in [5.41, 5.74) is -0.952. The molecule has 132 valence electrons. The second kappa shape index (κ2) is 6.39. The van der Waals surface area contributed by atoms with Crippen LogP contribution in [0.2, 0.25) is 10.0 Å². The largest absolute Gasteiger partial charge is 0.525 e. The van der Waals surface area contributed by atoms with Gasteiger partial charge in [0.2, 0.25) is 0 Å². The second-order valence-electron chi connectivity index (χ2n) is 6.80. The fourth-order valence-electron chi connectivity index (χ4n) is 2.29. The Bertz CT molecular complexity index is 823. The molecule has 2 heterocycles. The summed E-state index contributed by atoms with van der Waals surface area (Å²) >= 11 is 12.1. The molecule has 1 aliphatic rings. The molecule has 0 N–H and O–H groups in total. The van der Waals surface area contributed by atoms with Crippen LogP contribution < -0.4 is 0 Å². The van der Waals surface area contributed by atoms with Crippen molar-refractivity contribution in [2.45, 2.75) is 38.9 Å². The number of aromatic nitrogens is 3. The molecule has 0 amide bonds. The van der Waals surface area contributed by atoms with Gasteiger partial charge in [0.25, 0.3) is 0 Å². The van der Waals surface area contributed by atoms with Gasteiger partial charge in [-0.05, 0) is 52.0 Å². The van der Waals surface area contributed by atoms with Crippen molar-refractivity contribution >= 4 is 36.4 Å². The van der Waals surface area contributed by atoms with Gasteiger partial charge in [-0.1, -0.05) is 28.4 Å². The molecule has 25 heavy (non-hydrogen) atoms. The van der Waals surface area contributed by atoms with Crippen molar-refractivity contribution in [2.75, 3.05) is 0 Å². The van der Waals surface area contributed by atoms with E-state index in [1.54, 1.807) is 24.4 Å². The summed E-state index contributed by atoms with van der Waals surface area (Å²) in [5.74, 6) is 0. The summed E-state index contributed by atoms with van der Waals surface area (Å²) in [5, 5.41) is 8.85. The van der Waals surface area contributed by atoms with Gasteiger partial charge in [0.1, 0.15) is 11.4 Å². The number of halogens is 3. The quantitative estimate of drug-likeness (QED) is 0.731. The van der Waals surface area contributed by atoms with E-state index in [1.165, 1.54) is 10.8 Å². The zero-order chi connectivity index (χ0) is 18.4. The molecule has 5 nitrogen and oxygen atoms in total. The minimum Gasteiger partial charge on any atom is -0.398 e. The van der Waals surface area contributed by atoms with E-state index in [0.717, 1.165) is 0 Å². The first kappa shape index (κ1) is 18.4. The van der Waals surface area contributed by atoms with Gasteiger partial charge in [-0.2, -0.15) is 0 Å². The highest BCUT2D eigenvalue weighted by atomic mass is 35.5. The highest BCUT2D eigenvalue weighted by Crippen LogP contribution is 2.39. The average Bonchev–Trinajstić information content (AvgIpc) is 3.04. The molecular formula is C16H17BCl2FN3O2. The van der Waals surface area contributed by atoms with Gasteiger partial charge in [0.15, 0.2) is 0 Å². The standard InChI is InChI=1S/C16H17BCl2FN3O2/c1-15(2)16(3,4)25-17(24-15)14(20)8-11-9-23(22-21-11)13-7-10(18)5-6-12(13)19/h5-9H,1-4H3. The molecule has 1 fully saturated rings. The lowest BCUT2D eigenvalue weighted by Gasteiger charge is -2.32. The number of benzene rings is 1. The van der Waals surface area contributed by atoms with E-state index < -0.39 is 24.0 Å². The van der Waals surface area contributed by atoms with Gasteiger partial charge < -0.3 is 9.31 Å². The molecule has 0 aliphatic carbocycles. The maximum atomic E-state index is 14.5. The topological polar surface area (TPSA) is 49.2 Å². The molecule has 1 aromatic carbocycles. The normalized spacial score (nSPS) is 19.5. The third-order valence-corrected chi connectivity index (χ3v) is 4.99. The third kappa shape index (κ3) is 3.60. The van der Waals surface area contributed by atoms with Crippen molar-refractivity contribution in [1.82, 2.24) is 15.0 Å². The number of nitrogens with zero attached hydrogens (tertiary/aromatic N) is 3. The fourth-order valence-corrected chi connectivity index (χ4v) is 2.66. The first-order valence-corrected chi connectivity index (χ1v) is 8.45. The molecule has 1 aromatic heterocycles. The molecule has 0 saturated carbocycles. The minimum absolute atomic E-state index is 0.309. The lowest BCUT2D eigenvalue weighted by Crippen LogP contribution is -2.41. The third-order valence-electron chi connectivity index (χ3n) is 4.43. The van der Waals surface area contributed by atoms with E-state index in [-0.39, 0.29) is 0 Å². The Hall–Kier alpha value is -1.41. The van der Waals surface area contributed by atoms with Gasteiger partial charge in [-0.25, -0.2) is 9.07 Å². The van der Waals surface area contributed by atoms with Crippen LogP contribution in [0.5, 0.6) is 0 Å². The average molecular weight is 384 g/mol. The van der Waals surface area contributed by atoms with Gasteiger partial charge >= 0.3 is 7.12 Å². The summed E-state index contributed by atoms with van der Waals surface area (Å²) in [6.45, 7) is 7.44. The molecule has 9 heteroatoms. The van der Waals surface area contributed by atoms with Crippen molar-refractivity contribution in [2.24, 2.45) is 0 Å². The Kier molecular flexibility index (Phi) is 4.70. The molecule has 3 rings (SSSR count). The van der Waals surface area contributed by atoms with Crippen LogP contribution >= 0.6 is 23.2 Å². The van der Waals surface area contributed by atoms with Crippen molar-refractivity contribution in [3.05, 3.63) is 45.9 Å². The number of hydrogen-bond acceptors (Lipinski definition) is 4. The number of rotatable bonds is 3. The van der Waals surface area contributed by atoms with Gasteiger partial charge in [0.05, 0.1) is 28.1 Å². The Morgan fingerprint density at radius 1 is 1.20 bits per heavy atom. The Labute approximate surface area is 155 Å². The predicted octanol–water partition coefficient (Wildman–Crippen LogP) is 4.52. The van der Waals surface area contributed by atoms with Crippen LogP contribution in [0.15, 0.2) is 30.1 Å². The smallest absolute Gasteiger partial charge is 0.398 e. The van der Waals surface area contributed by atoms with E-state index in [4.69, 9.17) is 32.5 Å². The van der Waals surface area contributed by atoms with Crippen LogP contribution in [0.3, 0.4) is 0 Å². The highest BCUT2D eigenvalue weighted by molar-refractivity contribution is 6.54. The van der Waals surface area contributed by atoms with Crippen LogP contribution in [0.4, 0.5) is 4.39 Å². The summed E-state index contributed by atoms with van der Waals surface area (Å²) in [6, 6.07) is 4.97.